The van der Waals surface area contributed by atoms with Crippen molar-refractivity contribution in [2.75, 3.05) is 11.9 Å². The summed E-state index contributed by atoms with van der Waals surface area (Å²) in [6, 6.07) is 8.94. The fraction of sp³-hybridized carbons (Fsp3) is 0.263. The maximum absolute atomic E-state index is 12.4. The summed E-state index contributed by atoms with van der Waals surface area (Å²) in [6.07, 6.45) is 5.80. The quantitative estimate of drug-likeness (QED) is 0.613. The van der Waals surface area contributed by atoms with Crippen molar-refractivity contribution >= 4 is 23.3 Å². The predicted molar refractivity (Wildman–Crippen MR) is 104 cm³/mol. The first-order valence-electron chi connectivity index (χ1n) is 8.89. The van der Waals surface area contributed by atoms with Crippen LogP contribution in [-0.2, 0) is 20.7 Å². The number of nitrogens with zero attached hydrogens (tertiary/aromatic N) is 3. The van der Waals surface area contributed by atoms with E-state index in [-0.39, 0.29) is 18.3 Å². The summed E-state index contributed by atoms with van der Waals surface area (Å²) in [4.78, 5) is 28.8. The first-order valence-corrected chi connectivity index (χ1v) is 8.89. The van der Waals surface area contributed by atoms with Crippen LogP contribution in [0.5, 0.6) is 0 Å². The number of ether oxygens (including phenoxy) is 1. The van der Waals surface area contributed by atoms with Gasteiger partial charge in [0.2, 0.25) is 0 Å². The van der Waals surface area contributed by atoms with Gasteiger partial charge in [0.05, 0.1) is 18.5 Å². The average molecular weight is 382 g/mol. The summed E-state index contributed by atoms with van der Waals surface area (Å²) in [5.74, 6) is -0.833. The third-order valence-electron chi connectivity index (χ3n) is 4.10. The molecule has 0 aliphatic carbocycles. The molecule has 1 amide bonds. The van der Waals surface area contributed by atoms with Crippen LogP contribution in [0.1, 0.15) is 18.5 Å². The zero-order valence-corrected chi connectivity index (χ0v) is 15.4. The zero-order valence-electron chi connectivity index (χ0n) is 15.4. The molecule has 1 aromatic carbocycles. The molecule has 3 rings (SSSR count). The van der Waals surface area contributed by atoms with Gasteiger partial charge in [-0.3, -0.25) is 14.5 Å². The van der Waals surface area contributed by atoms with E-state index in [0.717, 1.165) is 5.56 Å². The molecule has 9 heteroatoms. The molecule has 0 fully saturated rings. The summed E-state index contributed by atoms with van der Waals surface area (Å²) in [7, 11) is 0. The Balaban J connectivity index is 1.76. The molecule has 1 aromatic heterocycles. The van der Waals surface area contributed by atoms with E-state index in [2.05, 4.69) is 20.7 Å². The average Bonchev–Trinajstić information content (AvgIpc) is 3.15. The Morgan fingerprint density at radius 2 is 2.14 bits per heavy atom. The standard InChI is InChI=1S/C19H22N6O3/c1-2-28-19(27)15(10-13-6-4-3-5-7-13)25-12-14(11-23-25)24-18(26)16-17(20)22-9-8-21-16/h3-9,11-12,15,17,22H,2,10,20H2,1H3,(H,24,26). The van der Waals surface area contributed by atoms with Gasteiger partial charge >= 0.3 is 5.97 Å². The first kappa shape index (κ1) is 19.3. The molecule has 0 radical (unpaired) electrons. The fourth-order valence-corrected chi connectivity index (χ4v) is 2.75. The van der Waals surface area contributed by atoms with E-state index < -0.39 is 18.1 Å². The Hall–Kier alpha value is -3.46. The molecule has 1 aliphatic rings. The minimum atomic E-state index is -0.689. The van der Waals surface area contributed by atoms with Crippen molar-refractivity contribution in [1.29, 1.82) is 0 Å². The SMILES string of the molecule is CCOC(=O)C(Cc1ccccc1)n1cc(NC(=O)C2=NC=CNC2N)cn1. The number of hydrogen-bond donors (Lipinski definition) is 3. The van der Waals surface area contributed by atoms with Gasteiger partial charge in [0, 0.05) is 25.0 Å². The second kappa shape index (κ2) is 8.96. The summed E-state index contributed by atoms with van der Waals surface area (Å²) in [5, 5.41) is 9.73. The molecule has 146 valence electrons. The second-order valence-electron chi connectivity index (χ2n) is 6.10. The minimum Gasteiger partial charge on any atom is -0.464 e. The minimum absolute atomic E-state index is 0.154. The number of rotatable bonds is 7. The number of aromatic nitrogens is 2. The van der Waals surface area contributed by atoms with Crippen LogP contribution in [-0.4, -0.2) is 40.1 Å². The van der Waals surface area contributed by atoms with Crippen molar-refractivity contribution < 1.29 is 14.3 Å². The number of anilines is 1. The Morgan fingerprint density at radius 3 is 2.86 bits per heavy atom. The molecule has 1 aliphatic heterocycles. The molecule has 2 heterocycles. The summed E-state index contributed by atoms with van der Waals surface area (Å²) in [5.41, 5.74) is 7.37. The normalized spacial score (nSPS) is 16.6. The van der Waals surface area contributed by atoms with Gasteiger partial charge in [-0.15, -0.1) is 0 Å². The number of aliphatic imine (C=N–C) groups is 1. The van der Waals surface area contributed by atoms with E-state index in [4.69, 9.17) is 10.5 Å². The third-order valence-corrected chi connectivity index (χ3v) is 4.10. The Morgan fingerprint density at radius 1 is 1.36 bits per heavy atom. The molecule has 0 saturated carbocycles. The Labute approximate surface area is 162 Å². The zero-order chi connectivity index (χ0) is 19.9. The van der Waals surface area contributed by atoms with Crippen LogP contribution in [0.2, 0.25) is 0 Å². The number of carbonyl (C=O) groups excluding carboxylic acids is 2. The number of nitrogens with two attached hydrogens (primary N) is 1. The van der Waals surface area contributed by atoms with Gasteiger partial charge in [-0.1, -0.05) is 30.3 Å². The highest BCUT2D eigenvalue weighted by atomic mass is 16.5. The van der Waals surface area contributed by atoms with Crippen molar-refractivity contribution in [3.8, 4) is 0 Å². The van der Waals surface area contributed by atoms with Gasteiger partial charge in [-0.25, -0.2) is 4.79 Å². The molecule has 0 bridgehead atoms. The molecular formula is C19H22N6O3. The first-order chi connectivity index (χ1) is 13.6. The van der Waals surface area contributed by atoms with Crippen LogP contribution in [0.15, 0.2) is 60.1 Å². The van der Waals surface area contributed by atoms with E-state index in [1.807, 2.05) is 30.3 Å². The van der Waals surface area contributed by atoms with E-state index in [1.165, 1.54) is 17.1 Å². The molecule has 2 atom stereocenters. The molecule has 9 nitrogen and oxygen atoms in total. The highest BCUT2D eigenvalue weighted by Crippen LogP contribution is 2.18. The topological polar surface area (TPSA) is 124 Å². The molecular weight excluding hydrogens is 360 g/mol. The number of benzene rings is 1. The van der Waals surface area contributed by atoms with Crippen LogP contribution < -0.4 is 16.4 Å². The Bertz CT molecular complexity index is 890. The van der Waals surface area contributed by atoms with Gasteiger partial charge < -0.3 is 21.1 Å². The lowest BCUT2D eigenvalue weighted by Crippen LogP contribution is -2.48. The lowest BCUT2D eigenvalue weighted by Gasteiger charge is -2.17. The highest BCUT2D eigenvalue weighted by Gasteiger charge is 2.25. The van der Waals surface area contributed by atoms with Crippen molar-refractivity contribution in [3.63, 3.8) is 0 Å². The van der Waals surface area contributed by atoms with Crippen molar-refractivity contribution in [2.24, 2.45) is 10.7 Å². The maximum Gasteiger partial charge on any atom is 0.331 e. The fourth-order valence-electron chi connectivity index (χ4n) is 2.75. The third kappa shape index (κ3) is 4.63. The van der Waals surface area contributed by atoms with Gasteiger partial charge in [0.25, 0.3) is 5.91 Å². The largest absolute Gasteiger partial charge is 0.464 e. The molecule has 2 aromatic rings. The van der Waals surface area contributed by atoms with Crippen LogP contribution in [0, 0.1) is 0 Å². The van der Waals surface area contributed by atoms with E-state index >= 15 is 0 Å². The van der Waals surface area contributed by atoms with E-state index in [0.29, 0.717) is 12.1 Å². The molecule has 28 heavy (non-hydrogen) atoms. The van der Waals surface area contributed by atoms with Crippen LogP contribution in [0.25, 0.3) is 0 Å². The number of carbonyl (C=O) groups is 2. The lowest BCUT2D eigenvalue weighted by molar-refractivity contribution is -0.147. The van der Waals surface area contributed by atoms with Crippen molar-refractivity contribution in [2.45, 2.75) is 25.6 Å². The molecule has 0 saturated heterocycles. The highest BCUT2D eigenvalue weighted by molar-refractivity contribution is 6.45. The number of amides is 1. The van der Waals surface area contributed by atoms with Crippen LogP contribution in [0.3, 0.4) is 0 Å². The second-order valence-corrected chi connectivity index (χ2v) is 6.10. The van der Waals surface area contributed by atoms with Crippen molar-refractivity contribution in [3.05, 3.63) is 60.7 Å². The Kier molecular flexibility index (Phi) is 6.18. The molecule has 2 unspecified atom stereocenters. The van der Waals surface area contributed by atoms with E-state index in [1.54, 1.807) is 19.3 Å². The predicted octanol–water partition coefficient (Wildman–Crippen LogP) is 0.969. The summed E-state index contributed by atoms with van der Waals surface area (Å²) >= 11 is 0. The van der Waals surface area contributed by atoms with E-state index in [9.17, 15) is 9.59 Å². The number of hydrogen-bond acceptors (Lipinski definition) is 7. The monoisotopic (exact) mass is 382 g/mol. The van der Waals surface area contributed by atoms with Gasteiger partial charge in [-0.2, -0.15) is 5.10 Å². The van der Waals surface area contributed by atoms with Gasteiger partial charge in [0.1, 0.15) is 11.9 Å². The number of nitrogens with one attached hydrogen (secondary N) is 2. The van der Waals surface area contributed by atoms with Crippen LogP contribution >= 0.6 is 0 Å². The molecule has 0 spiro atoms. The lowest BCUT2D eigenvalue weighted by atomic mass is 10.1. The molecule has 4 N–H and O–H groups in total. The van der Waals surface area contributed by atoms with Gasteiger partial charge in [-0.05, 0) is 12.5 Å². The maximum atomic E-state index is 12.4. The number of esters is 1. The smallest absolute Gasteiger partial charge is 0.331 e. The summed E-state index contributed by atoms with van der Waals surface area (Å²) in [6.45, 7) is 2.02. The van der Waals surface area contributed by atoms with Crippen molar-refractivity contribution in [1.82, 2.24) is 15.1 Å². The van der Waals surface area contributed by atoms with Gasteiger partial charge in [0.15, 0.2) is 6.04 Å². The van der Waals surface area contributed by atoms with Crippen LogP contribution in [0.4, 0.5) is 5.69 Å². The summed E-state index contributed by atoms with van der Waals surface area (Å²) < 4.78 is 6.68.